The second-order valence-corrected chi connectivity index (χ2v) is 5.73. The van der Waals surface area contributed by atoms with Gasteiger partial charge in [0.25, 0.3) is 0 Å². The van der Waals surface area contributed by atoms with Crippen LogP contribution in [0.15, 0.2) is 0 Å². The molecule has 2 heterocycles. The van der Waals surface area contributed by atoms with Crippen LogP contribution in [0.25, 0.3) is 0 Å². The molecule has 1 aliphatic heterocycles. The molecule has 0 spiro atoms. The Hall–Kier alpha value is -0.980. The molecule has 2 rings (SSSR count). The molecule has 0 amide bonds. The van der Waals surface area contributed by atoms with Gasteiger partial charge in [0, 0.05) is 13.7 Å². The number of anilines is 1. The molecule has 2 unspecified atom stereocenters. The number of aldehydes is 1. The summed E-state index contributed by atoms with van der Waals surface area (Å²) in [6.07, 6.45) is 2.06. The Balaban J connectivity index is 2.25. The summed E-state index contributed by atoms with van der Waals surface area (Å²) in [5, 5.41) is 0.899. The number of aromatic nitrogens is 1. The Labute approximate surface area is 117 Å². The van der Waals surface area contributed by atoms with Crippen LogP contribution in [-0.4, -0.2) is 43.7 Å². The second kappa shape index (κ2) is 6.45. The van der Waals surface area contributed by atoms with Crippen molar-refractivity contribution in [3.8, 4) is 0 Å². The van der Waals surface area contributed by atoms with Crippen LogP contribution in [0, 0.1) is 0 Å². The summed E-state index contributed by atoms with van der Waals surface area (Å²) in [6, 6.07) is 0.331. The summed E-state index contributed by atoms with van der Waals surface area (Å²) in [6.45, 7) is 6.11. The van der Waals surface area contributed by atoms with E-state index in [1.54, 1.807) is 7.11 Å². The molecule has 1 aromatic rings. The molecule has 0 aliphatic carbocycles. The predicted molar refractivity (Wildman–Crippen MR) is 75.1 cm³/mol. The van der Waals surface area contributed by atoms with Gasteiger partial charge in [0.05, 0.1) is 35.9 Å². The fraction of sp³-hybridized carbons (Fsp3) is 0.692. The van der Waals surface area contributed by atoms with E-state index in [2.05, 4.69) is 23.7 Å². The topological polar surface area (TPSA) is 51.7 Å². The van der Waals surface area contributed by atoms with E-state index in [1.165, 1.54) is 11.3 Å². The molecular formula is C13H20N2O3S. The average molecular weight is 284 g/mol. The molecule has 1 aliphatic rings. The van der Waals surface area contributed by atoms with Crippen molar-refractivity contribution < 1.29 is 14.3 Å². The number of morpholine rings is 1. The third-order valence-electron chi connectivity index (χ3n) is 3.29. The molecule has 1 aromatic heterocycles. The lowest BCUT2D eigenvalue weighted by Gasteiger charge is -2.38. The quantitative estimate of drug-likeness (QED) is 0.775. The van der Waals surface area contributed by atoms with Gasteiger partial charge in [0.2, 0.25) is 0 Å². The van der Waals surface area contributed by atoms with E-state index in [4.69, 9.17) is 9.47 Å². The van der Waals surface area contributed by atoms with Crippen molar-refractivity contribution in [2.75, 3.05) is 25.2 Å². The van der Waals surface area contributed by atoms with E-state index in [0.717, 1.165) is 30.1 Å². The van der Waals surface area contributed by atoms with Gasteiger partial charge in [-0.2, -0.15) is 0 Å². The van der Waals surface area contributed by atoms with E-state index in [1.807, 2.05) is 0 Å². The van der Waals surface area contributed by atoms with E-state index in [0.29, 0.717) is 24.1 Å². The maximum absolute atomic E-state index is 11.1. The number of carbonyl (C=O) groups is 1. The maximum Gasteiger partial charge on any atom is 0.186 e. The zero-order valence-electron chi connectivity index (χ0n) is 11.6. The summed E-state index contributed by atoms with van der Waals surface area (Å²) >= 11 is 1.44. The third kappa shape index (κ3) is 3.13. The van der Waals surface area contributed by atoms with Crippen molar-refractivity contribution in [1.82, 2.24) is 4.98 Å². The normalized spacial score (nSPS) is 23.6. The Morgan fingerprint density at radius 1 is 1.63 bits per heavy atom. The van der Waals surface area contributed by atoms with Gasteiger partial charge in [0.15, 0.2) is 11.4 Å². The maximum atomic E-state index is 11.1. The van der Waals surface area contributed by atoms with Crippen molar-refractivity contribution in [2.45, 2.75) is 39.0 Å². The molecule has 6 heteroatoms. The molecule has 0 bridgehead atoms. The summed E-state index contributed by atoms with van der Waals surface area (Å²) in [5.41, 5.74) is 0.728. The van der Waals surface area contributed by atoms with Crippen molar-refractivity contribution in [3.05, 3.63) is 10.6 Å². The zero-order chi connectivity index (χ0) is 13.8. The summed E-state index contributed by atoms with van der Waals surface area (Å²) in [7, 11) is 1.61. The van der Waals surface area contributed by atoms with Gasteiger partial charge >= 0.3 is 0 Å². The molecule has 106 valence electrons. The van der Waals surface area contributed by atoms with Gasteiger partial charge in [-0.1, -0.05) is 18.3 Å². The van der Waals surface area contributed by atoms with Crippen molar-refractivity contribution >= 4 is 22.8 Å². The number of rotatable bonds is 5. The molecule has 1 saturated heterocycles. The zero-order valence-corrected chi connectivity index (χ0v) is 12.4. The fourth-order valence-corrected chi connectivity index (χ4v) is 3.19. The minimum atomic E-state index is 0.192. The monoisotopic (exact) mass is 284 g/mol. The van der Waals surface area contributed by atoms with Crippen molar-refractivity contribution in [1.29, 1.82) is 0 Å². The van der Waals surface area contributed by atoms with Crippen LogP contribution < -0.4 is 4.90 Å². The van der Waals surface area contributed by atoms with E-state index >= 15 is 0 Å². The summed E-state index contributed by atoms with van der Waals surface area (Å²) in [5.74, 6) is 0. The highest BCUT2D eigenvalue weighted by Gasteiger charge is 2.28. The molecular weight excluding hydrogens is 264 g/mol. The number of methoxy groups -OCH3 is 1. The van der Waals surface area contributed by atoms with Crippen LogP contribution in [-0.2, 0) is 16.1 Å². The average Bonchev–Trinajstić information content (AvgIpc) is 2.82. The summed E-state index contributed by atoms with van der Waals surface area (Å²) in [4.78, 5) is 18.6. The Morgan fingerprint density at radius 2 is 2.42 bits per heavy atom. The number of ether oxygens (including phenoxy) is 2. The highest BCUT2D eigenvalue weighted by atomic mass is 32.1. The van der Waals surface area contributed by atoms with Gasteiger partial charge in [0.1, 0.15) is 0 Å². The largest absolute Gasteiger partial charge is 0.378 e. The molecule has 1 fully saturated rings. The first-order chi connectivity index (χ1) is 9.19. The lowest BCUT2D eigenvalue weighted by atomic mass is 10.1. The lowest BCUT2D eigenvalue weighted by molar-refractivity contribution is 0.0299. The van der Waals surface area contributed by atoms with Crippen LogP contribution in [0.5, 0.6) is 0 Å². The van der Waals surface area contributed by atoms with Crippen molar-refractivity contribution in [2.24, 2.45) is 0 Å². The number of thiazole rings is 1. The van der Waals surface area contributed by atoms with E-state index < -0.39 is 0 Å². The number of hydrogen-bond acceptors (Lipinski definition) is 6. The Bertz CT molecular complexity index is 436. The molecule has 0 aromatic carbocycles. The minimum Gasteiger partial charge on any atom is -0.378 e. The predicted octanol–water partition coefficient (Wildman–Crippen LogP) is 2.11. The van der Waals surface area contributed by atoms with Crippen LogP contribution in [0.3, 0.4) is 0 Å². The lowest BCUT2D eigenvalue weighted by Crippen LogP contribution is -2.48. The number of nitrogens with zero attached hydrogens (tertiary/aromatic N) is 2. The third-order valence-corrected chi connectivity index (χ3v) is 4.35. The van der Waals surface area contributed by atoms with Crippen LogP contribution in [0.4, 0.5) is 5.13 Å². The van der Waals surface area contributed by atoms with Crippen LogP contribution in [0.2, 0.25) is 0 Å². The first-order valence-corrected chi connectivity index (χ1v) is 7.33. The fourth-order valence-electron chi connectivity index (χ4n) is 2.22. The molecule has 0 radical (unpaired) electrons. The van der Waals surface area contributed by atoms with Crippen LogP contribution in [0.1, 0.15) is 35.6 Å². The Kier molecular flexibility index (Phi) is 4.90. The highest BCUT2D eigenvalue weighted by Crippen LogP contribution is 2.30. The standard InChI is InChI=1S/C13H20N2O3S/c1-4-10-7-18-9(2)5-15(10)13-14-11(8-17-3)12(6-16)19-13/h6,9-10H,4-5,7-8H2,1-3H3. The van der Waals surface area contributed by atoms with Crippen LogP contribution >= 0.6 is 11.3 Å². The Morgan fingerprint density at radius 3 is 3.05 bits per heavy atom. The van der Waals surface area contributed by atoms with Gasteiger partial charge in [-0.15, -0.1) is 0 Å². The number of hydrogen-bond donors (Lipinski definition) is 0. The van der Waals surface area contributed by atoms with Gasteiger partial charge in [-0.25, -0.2) is 4.98 Å². The molecule has 19 heavy (non-hydrogen) atoms. The number of carbonyl (C=O) groups excluding carboxylic acids is 1. The van der Waals surface area contributed by atoms with Crippen molar-refractivity contribution in [3.63, 3.8) is 0 Å². The molecule has 2 atom stereocenters. The summed E-state index contributed by atoms with van der Waals surface area (Å²) < 4.78 is 10.8. The SMILES string of the molecule is CCC1COC(C)CN1c1nc(COC)c(C=O)s1. The molecule has 5 nitrogen and oxygen atoms in total. The van der Waals surface area contributed by atoms with Gasteiger partial charge in [-0.3, -0.25) is 4.79 Å². The highest BCUT2D eigenvalue weighted by molar-refractivity contribution is 7.17. The first kappa shape index (κ1) is 14.4. The minimum absolute atomic E-state index is 0.192. The smallest absolute Gasteiger partial charge is 0.186 e. The first-order valence-electron chi connectivity index (χ1n) is 6.51. The van der Waals surface area contributed by atoms with E-state index in [-0.39, 0.29) is 6.10 Å². The second-order valence-electron chi connectivity index (χ2n) is 4.72. The molecule has 0 saturated carbocycles. The molecule has 0 N–H and O–H groups in total. The van der Waals surface area contributed by atoms with Gasteiger partial charge < -0.3 is 14.4 Å². The van der Waals surface area contributed by atoms with Gasteiger partial charge in [-0.05, 0) is 13.3 Å². The van der Waals surface area contributed by atoms with E-state index in [9.17, 15) is 4.79 Å².